The van der Waals surface area contributed by atoms with Crippen LogP contribution in [0.5, 0.6) is 0 Å². The molecule has 0 bridgehead atoms. The zero-order valence-electron chi connectivity index (χ0n) is 12.4. The molecule has 0 heterocycles. The SMILES string of the molecule is CCC(C)(C(Cc1cccc(F)c1Cl)NC)N(C)C. The van der Waals surface area contributed by atoms with Gasteiger partial charge in [-0.3, -0.25) is 0 Å². The van der Waals surface area contributed by atoms with E-state index in [-0.39, 0.29) is 22.4 Å². The van der Waals surface area contributed by atoms with Crippen LogP contribution in [0.3, 0.4) is 0 Å². The molecule has 0 radical (unpaired) electrons. The molecule has 1 rings (SSSR count). The highest BCUT2D eigenvalue weighted by atomic mass is 35.5. The molecule has 0 aliphatic carbocycles. The zero-order valence-corrected chi connectivity index (χ0v) is 13.2. The molecule has 2 nitrogen and oxygen atoms in total. The number of nitrogens with one attached hydrogen (secondary N) is 1. The molecule has 1 aromatic rings. The highest BCUT2D eigenvalue weighted by Gasteiger charge is 2.34. The van der Waals surface area contributed by atoms with Crippen LogP contribution in [0.2, 0.25) is 5.02 Å². The topological polar surface area (TPSA) is 15.3 Å². The normalized spacial score (nSPS) is 16.4. The quantitative estimate of drug-likeness (QED) is 0.863. The van der Waals surface area contributed by atoms with E-state index in [0.717, 1.165) is 12.0 Å². The molecule has 1 aromatic carbocycles. The summed E-state index contributed by atoms with van der Waals surface area (Å²) in [5, 5.41) is 3.58. The molecule has 0 amide bonds. The van der Waals surface area contributed by atoms with Crippen LogP contribution in [0, 0.1) is 5.82 Å². The Morgan fingerprint density at radius 3 is 2.53 bits per heavy atom. The highest BCUT2D eigenvalue weighted by Crippen LogP contribution is 2.27. The van der Waals surface area contributed by atoms with E-state index in [1.807, 2.05) is 13.1 Å². The predicted octanol–water partition coefficient (Wildman–Crippen LogP) is 3.34. The van der Waals surface area contributed by atoms with Gasteiger partial charge in [-0.05, 0) is 52.5 Å². The number of nitrogens with zero attached hydrogens (tertiary/aromatic N) is 1. The van der Waals surface area contributed by atoms with Gasteiger partial charge in [0.2, 0.25) is 0 Å². The Bertz CT molecular complexity index is 423. The molecule has 2 atom stereocenters. The second kappa shape index (κ2) is 6.69. The van der Waals surface area contributed by atoms with Crippen LogP contribution in [0.25, 0.3) is 0 Å². The van der Waals surface area contributed by atoms with Gasteiger partial charge in [-0.2, -0.15) is 0 Å². The first-order valence-corrected chi connectivity index (χ1v) is 7.02. The van der Waals surface area contributed by atoms with Crippen molar-refractivity contribution < 1.29 is 4.39 Å². The second-order valence-corrected chi connectivity index (χ2v) is 5.74. The average Bonchev–Trinajstić information content (AvgIpc) is 2.39. The molecule has 0 aromatic heterocycles. The van der Waals surface area contributed by atoms with E-state index in [0.29, 0.717) is 6.42 Å². The minimum absolute atomic E-state index is 0.00953. The summed E-state index contributed by atoms with van der Waals surface area (Å²) in [6.45, 7) is 4.37. The van der Waals surface area contributed by atoms with Crippen LogP contribution in [0.15, 0.2) is 18.2 Å². The van der Waals surface area contributed by atoms with Crippen molar-refractivity contribution in [3.63, 3.8) is 0 Å². The molecule has 1 N–H and O–H groups in total. The van der Waals surface area contributed by atoms with Crippen LogP contribution >= 0.6 is 11.6 Å². The van der Waals surface area contributed by atoms with Crippen LogP contribution in [-0.2, 0) is 6.42 Å². The van der Waals surface area contributed by atoms with Gasteiger partial charge in [-0.1, -0.05) is 30.7 Å². The first kappa shape index (κ1) is 16.4. The molecule has 0 saturated heterocycles. The maximum absolute atomic E-state index is 13.5. The molecule has 0 fully saturated rings. The molecule has 0 aliphatic heterocycles. The summed E-state index contributed by atoms with van der Waals surface area (Å²) in [6, 6.07) is 5.20. The summed E-state index contributed by atoms with van der Waals surface area (Å²) in [4.78, 5) is 2.21. The highest BCUT2D eigenvalue weighted by molar-refractivity contribution is 6.31. The predicted molar refractivity (Wildman–Crippen MR) is 80.3 cm³/mol. The van der Waals surface area contributed by atoms with Crippen LogP contribution in [0.4, 0.5) is 4.39 Å². The fourth-order valence-corrected chi connectivity index (χ4v) is 2.64. The van der Waals surface area contributed by atoms with Crippen molar-refractivity contribution >= 4 is 11.6 Å². The zero-order chi connectivity index (χ0) is 14.6. The molecular formula is C15H24ClFN2. The van der Waals surface area contributed by atoms with E-state index in [1.54, 1.807) is 6.07 Å². The number of hydrogen-bond acceptors (Lipinski definition) is 2. The third kappa shape index (κ3) is 3.47. The average molecular weight is 287 g/mol. The summed E-state index contributed by atoms with van der Waals surface area (Å²) in [7, 11) is 6.08. The fraction of sp³-hybridized carbons (Fsp3) is 0.600. The van der Waals surface area contributed by atoms with Crippen LogP contribution in [-0.4, -0.2) is 37.6 Å². The molecular weight excluding hydrogens is 263 g/mol. The third-order valence-corrected chi connectivity index (χ3v) is 4.72. The van der Waals surface area contributed by atoms with Crippen molar-refractivity contribution in [3.05, 3.63) is 34.6 Å². The van der Waals surface area contributed by atoms with Gasteiger partial charge in [0.05, 0.1) is 5.02 Å². The number of hydrogen-bond donors (Lipinski definition) is 1. The number of rotatable bonds is 6. The van der Waals surface area contributed by atoms with Crippen molar-refractivity contribution in [2.24, 2.45) is 0 Å². The summed E-state index contributed by atoms with van der Waals surface area (Å²) in [5.74, 6) is -0.350. The number of benzene rings is 1. The first-order chi connectivity index (χ1) is 8.86. The molecule has 0 spiro atoms. The number of likely N-dealkylation sites (N-methyl/N-ethyl adjacent to an activating group) is 2. The first-order valence-electron chi connectivity index (χ1n) is 6.64. The molecule has 19 heavy (non-hydrogen) atoms. The van der Waals surface area contributed by atoms with Gasteiger partial charge in [0.1, 0.15) is 5.82 Å². The molecule has 2 unspecified atom stereocenters. The van der Waals surface area contributed by atoms with Gasteiger partial charge in [-0.25, -0.2) is 4.39 Å². The monoisotopic (exact) mass is 286 g/mol. The van der Waals surface area contributed by atoms with Gasteiger partial charge < -0.3 is 10.2 Å². The lowest BCUT2D eigenvalue weighted by Crippen LogP contribution is -2.57. The van der Waals surface area contributed by atoms with E-state index < -0.39 is 0 Å². The summed E-state index contributed by atoms with van der Waals surface area (Å²) >= 11 is 6.05. The van der Waals surface area contributed by atoms with Crippen molar-refractivity contribution in [1.29, 1.82) is 0 Å². The van der Waals surface area contributed by atoms with Crippen LogP contribution in [0.1, 0.15) is 25.8 Å². The Morgan fingerprint density at radius 1 is 1.42 bits per heavy atom. The summed E-state index contributed by atoms with van der Waals surface area (Å²) in [5.41, 5.74) is 0.840. The van der Waals surface area contributed by atoms with Gasteiger partial charge >= 0.3 is 0 Å². The molecule has 0 saturated carbocycles. The third-order valence-electron chi connectivity index (χ3n) is 4.29. The summed E-state index contributed by atoms with van der Waals surface area (Å²) < 4.78 is 13.5. The Hall–Kier alpha value is -0.640. The standard InChI is InChI=1S/C15H24ClFN2/c1-6-15(2,19(4)5)13(18-3)10-11-8-7-9-12(17)14(11)16/h7-9,13,18H,6,10H2,1-5H3. The van der Waals surface area contributed by atoms with Gasteiger partial charge in [0.25, 0.3) is 0 Å². The van der Waals surface area contributed by atoms with Gasteiger partial charge in [0, 0.05) is 11.6 Å². The Morgan fingerprint density at radius 2 is 2.05 bits per heavy atom. The van der Waals surface area contributed by atoms with E-state index in [4.69, 9.17) is 11.6 Å². The number of halogens is 2. The smallest absolute Gasteiger partial charge is 0.142 e. The van der Waals surface area contributed by atoms with E-state index in [1.165, 1.54) is 6.07 Å². The van der Waals surface area contributed by atoms with Gasteiger partial charge in [0.15, 0.2) is 0 Å². The lowest BCUT2D eigenvalue weighted by Gasteiger charge is -2.43. The Kier molecular flexibility index (Phi) is 5.78. The van der Waals surface area contributed by atoms with Crippen molar-refractivity contribution in [3.8, 4) is 0 Å². The lowest BCUT2D eigenvalue weighted by molar-refractivity contribution is 0.116. The largest absolute Gasteiger partial charge is 0.315 e. The Labute approximate surface area is 120 Å². The van der Waals surface area contributed by atoms with E-state index in [2.05, 4.69) is 38.2 Å². The minimum Gasteiger partial charge on any atom is -0.315 e. The molecule has 4 heteroatoms. The van der Waals surface area contributed by atoms with E-state index >= 15 is 0 Å². The summed E-state index contributed by atoms with van der Waals surface area (Å²) in [6.07, 6.45) is 1.70. The van der Waals surface area contributed by atoms with Crippen LogP contribution < -0.4 is 5.32 Å². The van der Waals surface area contributed by atoms with E-state index in [9.17, 15) is 4.39 Å². The fourth-order valence-electron chi connectivity index (χ4n) is 2.43. The van der Waals surface area contributed by atoms with Crippen molar-refractivity contribution in [2.75, 3.05) is 21.1 Å². The Balaban J connectivity index is 3.02. The van der Waals surface area contributed by atoms with Gasteiger partial charge in [-0.15, -0.1) is 0 Å². The maximum atomic E-state index is 13.5. The van der Waals surface area contributed by atoms with Crippen molar-refractivity contribution in [2.45, 2.75) is 38.3 Å². The van der Waals surface area contributed by atoms with Crippen molar-refractivity contribution in [1.82, 2.24) is 10.2 Å². The second-order valence-electron chi connectivity index (χ2n) is 5.36. The minimum atomic E-state index is -0.350. The molecule has 108 valence electrons. The lowest BCUT2D eigenvalue weighted by atomic mass is 9.84. The maximum Gasteiger partial charge on any atom is 0.142 e. The molecule has 0 aliphatic rings.